The number of halogens is 1. The minimum atomic E-state index is -0.594. The normalized spacial score (nSPS) is 20.6. The molecule has 1 saturated heterocycles. The van der Waals surface area contributed by atoms with Crippen molar-refractivity contribution in [2.45, 2.75) is 32.4 Å². The quantitative estimate of drug-likeness (QED) is 0.552. The number of hydrogen-bond acceptors (Lipinski definition) is 7. The number of amides is 2. The van der Waals surface area contributed by atoms with Crippen LogP contribution in [-0.4, -0.2) is 80.3 Å². The highest BCUT2D eigenvalue weighted by Crippen LogP contribution is 2.29. The van der Waals surface area contributed by atoms with Gasteiger partial charge in [0.1, 0.15) is 6.04 Å². The van der Waals surface area contributed by atoms with Crippen molar-refractivity contribution in [3.8, 4) is 0 Å². The van der Waals surface area contributed by atoms with E-state index in [9.17, 15) is 14.4 Å². The zero-order valence-corrected chi connectivity index (χ0v) is 20.0. The molecule has 2 amide bonds. The second-order valence-electron chi connectivity index (χ2n) is 7.93. The minimum absolute atomic E-state index is 0.260. The fourth-order valence-electron chi connectivity index (χ4n) is 4.27. The number of hydrogen-bond donors (Lipinski definition) is 2. The van der Waals surface area contributed by atoms with Crippen molar-refractivity contribution >= 4 is 29.6 Å². The van der Waals surface area contributed by atoms with Crippen LogP contribution in [0.15, 0.2) is 35.5 Å². The second-order valence-corrected chi connectivity index (χ2v) is 8.34. The van der Waals surface area contributed by atoms with E-state index in [1.807, 2.05) is 30.0 Å². The maximum absolute atomic E-state index is 12.6. The molecule has 3 rings (SSSR count). The van der Waals surface area contributed by atoms with Gasteiger partial charge in [0.2, 0.25) is 0 Å². The summed E-state index contributed by atoms with van der Waals surface area (Å²) in [6.07, 6.45) is 0.581. The Kier molecular flexibility index (Phi) is 8.71. The standard InChI is InChI=1S/C23H31ClN4O5/c1-4-17-19(21(29)33-5-2)18(26-23(31)25-17)14-27-10-12-28(13-11-27)20(22(30)32-3)15-8-6-7-9-16(15)24/h6-9,17,20H,4-5,10-14H2,1-3H3,(H2,25,26,31)/t17-,20-/m0/s1. The molecular formula is C23H31ClN4O5. The van der Waals surface area contributed by atoms with Gasteiger partial charge in [-0.1, -0.05) is 36.7 Å². The number of nitrogens with zero attached hydrogens (tertiary/aromatic N) is 2. The highest BCUT2D eigenvalue weighted by molar-refractivity contribution is 6.31. The number of ether oxygens (including phenoxy) is 2. The highest BCUT2D eigenvalue weighted by Gasteiger charge is 2.35. The van der Waals surface area contributed by atoms with Gasteiger partial charge < -0.3 is 20.1 Å². The van der Waals surface area contributed by atoms with E-state index in [2.05, 4.69) is 15.5 Å². The van der Waals surface area contributed by atoms with Crippen molar-refractivity contribution < 1.29 is 23.9 Å². The Morgan fingerprint density at radius 3 is 2.48 bits per heavy atom. The summed E-state index contributed by atoms with van der Waals surface area (Å²) in [7, 11) is 1.37. The maximum Gasteiger partial charge on any atom is 0.337 e. The van der Waals surface area contributed by atoms with Crippen LogP contribution in [0.3, 0.4) is 0 Å². The zero-order valence-electron chi connectivity index (χ0n) is 19.2. The van der Waals surface area contributed by atoms with E-state index in [-0.39, 0.29) is 18.6 Å². The maximum atomic E-state index is 12.6. The minimum Gasteiger partial charge on any atom is -0.468 e. The second kappa shape index (κ2) is 11.5. The average Bonchev–Trinajstić information content (AvgIpc) is 2.81. The van der Waals surface area contributed by atoms with E-state index in [0.717, 1.165) is 0 Å². The van der Waals surface area contributed by atoms with E-state index in [4.69, 9.17) is 21.1 Å². The van der Waals surface area contributed by atoms with Crippen molar-refractivity contribution in [1.82, 2.24) is 20.4 Å². The highest BCUT2D eigenvalue weighted by atomic mass is 35.5. The number of esters is 2. The Morgan fingerprint density at radius 2 is 1.88 bits per heavy atom. The average molecular weight is 479 g/mol. The summed E-state index contributed by atoms with van der Waals surface area (Å²) in [6, 6.07) is 5.96. The van der Waals surface area contributed by atoms with E-state index >= 15 is 0 Å². The lowest BCUT2D eigenvalue weighted by molar-refractivity contribution is -0.148. The Morgan fingerprint density at radius 1 is 1.18 bits per heavy atom. The number of methoxy groups -OCH3 is 1. The lowest BCUT2D eigenvalue weighted by Gasteiger charge is -2.39. The van der Waals surface area contributed by atoms with Crippen molar-refractivity contribution in [3.05, 3.63) is 46.1 Å². The SMILES string of the molecule is CCOC(=O)C1=C(CN2CCN([C@H](C(=O)OC)c3ccccc3Cl)CC2)NC(=O)N[C@H]1CC. The lowest BCUT2D eigenvalue weighted by atomic mass is 9.99. The molecule has 0 bridgehead atoms. The largest absolute Gasteiger partial charge is 0.468 e. The first kappa shape index (κ1) is 25.0. The van der Waals surface area contributed by atoms with Gasteiger partial charge in [0.25, 0.3) is 0 Å². The molecule has 0 saturated carbocycles. The van der Waals surface area contributed by atoms with Crippen LogP contribution >= 0.6 is 11.6 Å². The number of nitrogens with one attached hydrogen (secondary N) is 2. The van der Waals surface area contributed by atoms with E-state index in [0.29, 0.717) is 61.0 Å². The molecule has 9 nitrogen and oxygen atoms in total. The third-order valence-electron chi connectivity index (χ3n) is 5.92. The van der Waals surface area contributed by atoms with Crippen molar-refractivity contribution in [2.75, 3.05) is 46.4 Å². The molecule has 2 heterocycles. The van der Waals surface area contributed by atoms with Crippen molar-refractivity contribution in [2.24, 2.45) is 0 Å². The van der Waals surface area contributed by atoms with Gasteiger partial charge in [0.05, 0.1) is 25.3 Å². The molecule has 2 atom stereocenters. The molecule has 0 unspecified atom stereocenters. The summed E-state index contributed by atoms with van der Waals surface area (Å²) in [6.45, 7) is 6.79. The topological polar surface area (TPSA) is 100 Å². The summed E-state index contributed by atoms with van der Waals surface area (Å²) in [5, 5.41) is 6.10. The van der Waals surface area contributed by atoms with Gasteiger partial charge in [-0.3, -0.25) is 9.80 Å². The third-order valence-corrected chi connectivity index (χ3v) is 6.27. The predicted molar refractivity (Wildman–Crippen MR) is 124 cm³/mol. The van der Waals surface area contributed by atoms with Crippen LogP contribution < -0.4 is 10.6 Å². The van der Waals surface area contributed by atoms with Crippen LogP contribution in [0.5, 0.6) is 0 Å². The van der Waals surface area contributed by atoms with Gasteiger partial charge in [0, 0.05) is 43.4 Å². The molecule has 2 aliphatic rings. The Balaban J connectivity index is 1.75. The molecule has 1 fully saturated rings. The fourth-order valence-corrected chi connectivity index (χ4v) is 4.51. The third kappa shape index (κ3) is 5.85. The van der Waals surface area contributed by atoms with Gasteiger partial charge in [-0.15, -0.1) is 0 Å². The summed E-state index contributed by atoms with van der Waals surface area (Å²) < 4.78 is 10.3. The van der Waals surface area contributed by atoms with Crippen LogP contribution in [0.1, 0.15) is 31.9 Å². The number of piperazine rings is 1. The predicted octanol–water partition coefficient (Wildman–Crippen LogP) is 2.08. The fraction of sp³-hybridized carbons (Fsp3) is 0.522. The van der Waals surface area contributed by atoms with Gasteiger partial charge in [0.15, 0.2) is 0 Å². The molecule has 2 N–H and O–H groups in total. The van der Waals surface area contributed by atoms with Gasteiger partial charge in [-0.2, -0.15) is 0 Å². The molecule has 180 valence electrons. The number of urea groups is 1. The van der Waals surface area contributed by atoms with Gasteiger partial charge in [-0.25, -0.2) is 14.4 Å². The van der Waals surface area contributed by atoms with Crippen LogP contribution in [-0.2, 0) is 19.1 Å². The molecule has 33 heavy (non-hydrogen) atoms. The summed E-state index contributed by atoms with van der Waals surface area (Å²) in [5.41, 5.74) is 1.74. The Labute approximate surface area is 199 Å². The summed E-state index contributed by atoms with van der Waals surface area (Å²) in [5.74, 6) is -0.782. The molecule has 0 aliphatic carbocycles. The first-order valence-electron chi connectivity index (χ1n) is 11.2. The van der Waals surface area contributed by atoms with Crippen molar-refractivity contribution in [3.63, 3.8) is 0 Å². The smallest absolute Gasteiger partial charge is 0.337 e. The Hall–Kier alpha value is -2.62. The molecule has 1 aromatic rings. The number of carbonyl (C=O) groups is 3. The van der Waals surface area contributed by atoms with Gasteiger partial charge in [-0.05, 0) is 25.0 Å². The first-order chi connectivity index (χ1) is 15.9. The monoisotopic (exact) mass is 478 g/mol. The lowest BCUT2D eigenvalue weighted by Crippen LogP contribution is -2.54. The molecule has 1 aromatic carbocycles. The molecule has 2 aliphatic heterocycles. The van der Waals surface area contributed by atoms with E-state index in [1.54, 1.807) is 13.0 Å². The molecule has 10 heteroatoms. The zero-order chi connectivity index (χ0) is 24.0. The van der Waals surface area contributed by atoms with E-state index in [1.165, 1.54) is 7.11 Å². The molecule has 0 spiro atoms. The molecular weight excluding hydrogens is 448 g/mol. The number of benzene rings is 1. The summed E-state index contributed by atoms with van der Waals surface area (Å²) >= 11 is 6.37. The van der Waals surface area contributed by atoms with Gasteiger partial charge >= 0.3 is 18.0 Å². The number of carbonyl (C=O) groups excluding carboxylic acids is 3. The molecule has 0 aromatic heterocycles. The van der Waals surface area contributed by atoms with Crippen molar-refractivity contribution in [1.29, 1.82) is 0 Å². The van der Waals surface area contributed by atoms with Crippen LogP contribution in [0.25, 0.3) is 0 Å². The van der Waals surface area contributed by atoms with Crippen LogP contribution in [0.2, 0.25) is 5.02 Å². The first-order valence-corrected chi connectivity index (χ1v) is 11.5. The van der Waals surface area contributed by atoms with E-state index < -0.39 is 18.1 Å². The van der Waals surface area contributed by atoms with Crippen LogP contribution in [0.4, 0.5) is 4.79 Å². The summed E-state index contributed by atoms with van der Waals surface area (Å²) in [4.78, 5) is 41.5. The van der Waals surface area contributed by atoms with Crippen LogP contribution in [0, 0.1) is 0 Å². The molecule has 0 radical (unpaired) electrons. The Bertz CT molecular complexity index is 914. The number of rotatable bonds is 8.